The summed E-state index contributed by atoms with van der Waals surface area (Å²) in [7, 11) is 1.60. The van der Waals surface area contributed by atoms with E-state index >= 15 is 0 Å². The zero-order valence-electron chi connectivity index (χ0n) is 10.6. The van der Waals surface area contributed by atoms with Gasteiger partial charge in [0.25, 0.3) is 0 Å². The number of nitrogens with zero attached hydrogens (tertiary/aromatic N) is 1. The molecule has 1 aromatic carbocycles. The maximum absolute atomic E-state index is 5.34. The summed E-state index contributed by atoms with van der Waals surface area (Å²) in [6.07, 6.45) is 1.74. The molecule has 5 heteroatoms. The van der Waals surface area contributed by atoms with Gasteiger partial charge in [-0.15, -0.1) is 0 Å². The normalized spacial score (nSPS) is 12.3. The Balaban J connectivity index is 1.65. The fourth-order valence-electron chi connectivity index (χ4n) is 1.86. The predicted molar refractivity (Wildman–Crippen MR) is 70.7 cm³/mol. The van der Waals surface area contributed by atoms with E-state index in [-0.39, 0.29) is 0 Å². The number of fused-ring (bicyclic) bond motifs is 1. The van der Waals surface area contributed by atoms with Gasteiger partial charge in [-0.1, -0.05) is 6.07 Å². The van der Waals surface area contributed by atoms with Crippen molar-refractivity contribution in [2.24, 2.45) is 0 Å². The summed E-state index contributed by atoms with van der Waals surface area (Å²) in [6, 6.07) is 9.66. The summed E-state index contributed by atoms with van der Waals surface area (Å²) in [4.78, 5) is 4.14. The van der Waals surface area contributed by atoms with E-state index in [9.17, 15) is 0 Å². The molecule has 0 unspecified atom stereocenters. The van der Waals surface area contributed by atoms with Gasteiger partial charge in [0.2, 0.25) is 12.7 Å². The minimum absolute atomic E-state index is 0.300. The van der Waals surface area contributed by atoms with Gasteiger partial charge in [-0.3, -0.25) is 0 Å². The Bertz CT molecular complexity index is 569. The van der Waals surface area contributed by atoms with Gasteiger partial charge in [0.1, 0.15) is 0 Å². The number of pyridine rings is 1. The van der Waals surface area contributed by atoms with Crippen molar-refractivity contribution in [3.8, 4) is 17.4 Å². The van der Waals surface area contributed by atoms with Gasteiger partial charge in [-0.25, -0.2) is 4.98 Å². The molecule has 1 aliphatic rings. The van der Waals surface area contributed by atoms with E-state index < -0.39 is 0 Å². The number of nitrogens with one attached hydrogen (secondary N) is 1. The maximum atomic E-state index is 5.34. The van der Waals surface area contributed by atoms with Crippen LogP contribution in [0.3, 0.4) is 0 Å². The third kappa shape index (κ3) is 2.54. The number of benzene rings is 1. The van der Waals surface area contributed by atoms with E-state index in [0.717, 1.165) is 22.7 Å². The van der Waals surface area contributed by atoms with Crippen molar-refractivity contribution >= 4 is 5.69 Å². The SMILES string of the molecule is COc1ccc(NCc2ccc3c(c2)OCO3)cn1. The monoisotopic (exact) mass is 258 g/mol. The van der Waals surface area contributed by atoms with Crippen LogP contribution in [0.4, 0.5) is 5.69 Å². The Hall–Kier alpha value is -2.43. The van der Waals surface area contributed by atoms with Crippen LogP contribution in [0.25, 0.3) is 0 Å². The molecule has 5 nitrogen and oxygen atoms in total. The molecule has 0 saturated carbocycles. The van der Waals surface area contributed by atoms with Crippen LogP contribution in [0.15, 0.2) is 36.5 Å². The summed E-state index contributed by atoms with van der Waals surface area (Å²) < 4.78 is 15.6. The highest BCUT2D eigenvalue weighted by molar-refractivity contribution is 5.47. The zero-order valence-corrected chi connectivity index (χ0v) is 10.6. The maximum Gasteiger partial charge on any atom is 0.231 e. The minimum Gasteiger partial charge on any atom is -0.481 e. The molecule has 0 fully saturated rings. The fraction of sp³-hybridized carbons (Fsp3) is 0.214. The second kappa shape index (κ2) is 5.06. The molecule has 0 aliphatic carbocycles. The molecule has 0 radical (unpaired) electrons. The first kappa shape index (κ1) is 11.6. The first-order valence-corrected chi connectivity index (χ1v) is 5.97. The summed E-state index contributed by atoms with van der Waals surface area (Å²) in [5.74, 6) is 2.20. The first-order valence-electron chi connectivity index (χ1n) is 5.97. The molecule has 1 N–H and O–H groups in total. The quantitative estimate of drug-likeness (QED) is 0.912. The van der Waals surface area contributed by atoms with Crippen molar-refractivity contribution in [1.29, 1.82) is 0 Å². The molecule has 1 aromatic heterocycles. The number of aromatic nitrogens is 1. The molecule has 3 rings (SSSR count). The Labute approximate surface area is 111 Å². The van der Waals surface area contributed by atoms with E-state index in [4.69, 9.17) is 14.2 Å². The lowest BCUT2D eigenvalue weighted by atomic mass is 10.2. The Kier molecular flexibility index (Phi) is 3.10. The van der Waals surface area contributed by atoms with E-state index in [1.807, 2.05) is 30.3 Å². The fourth-order valence-corrected chi connectivity index (χ4v) is 1.86. The molecule has 2 heterocycles. The van der Waals surface area contributed by atoms with Crippen LogP contribution in [0.2, 0.25) is 0 Å². The lowest BCUT2D eigenvalue weighted by molar-refractivity contribution is 0.174. The highest BCUT2D eigenvalue weighted by Crippen LogP contribution is 2.32. The topological polar surface area (TPSA) is 52.6 Å². The van der Waals surface area contributed by atoms with Gasteiger partial charge in [-0.05, 0) is 23.8 Å². The molecule has 98 valence electrons. The third-order valence-corrected chi connectivity index (χ3v) is 2.88. The minimum atomic E-state index is 0.300. The average molecular weight is 258 g/mol. The molecule has 0 bridgehead atoms. The highest BCUT2D eigenvalue weighted by Gasteiger charge is 2.12. The molecule has 1 aliphatic heterocycles. The van der Waals surface area contributed by atoms with Crippen LogP contribution in [0.5, 0.6) is 17.4 Å². The lowest BCUT2D eigenvalue weighted by Crippen LogP contribution is -2.00. The van der Waals surface area contributed by atoms with Crippen molar-refractivity contribution < 1.29 is 14.2 Å². The van der Waals surface area contributed by atoms with Crippen molar-refractivity contribution in [2.75, 3.05) is 19.2 Å². The van der Waals surface area contributed by atoms with Crippen molar-refractivity contribution in [3.63, 3.8) is 0 Å². The van der Waals surface area contributed by atoms with Crippen LogP contribution >= 0.6 is 0 Å². The molecular weight excluding hydrogens is 244 g/mol. The molecule has 19 heavy (non-hydrogen) atoms. The Morgan fingerprint density at radius 2 is 2.11 bits per heavy atom. The summed E-state index contributed by atoms with van der Waals surface area (Å²) in [5.41, 5.74) is 2.07. The second-order valence-corrected chi connectivity index (χ2v) is 4.13. The molecule has 2 aromatic rings. The third-order valence-electron chi connectivity index (χ3n) is 2.88. The molecule has 0 saturated heterocycles. The lowest BCUT2D eigenvalue weighted by Gasteiger charge is -2.07. The highest BCUT2D eigenvalue weighted by atomic mass is 16.7. The summed E-state index contributed by atoms with van der Waals surface area (Å²) in [6.45, 7) is 0.999. The predicted octanol–water partition coefficient (Wildman–Crippen LogP) is 2.43. The smallest absolute Gasteiger partial charge is 0.231 e. The summed E-state index contributed by atoms with van der Waals surface area (Å²) in [5, 5.41) is 3.29. The molecule has 0 spiro atoms. The number of hydrogen-bond acceptors (Lipinski definition) is 5. The Morgan fingerprint density at radius 1 is 1.21 bits per heavy atom. The summed E-state index contributed by atoms with van der Waals surface area (Å²) >= 11 is 0. The van der Waals surface area contributed by atoms with Gasteiger partial charge >= 0.3 is 0 Å². The van der Waals surface area contributed by atoms with Crippen LogP contribution in [-0.4, -0.2) is 18.9 Å². The van der Waals surface area contributed by atoms with E-state index in [1.165, 1.54) is 0 Å². The van der Waals surface area contributed by atoms with Gasteiger partial charge in [-0.2, -0.15) is 0 Å². The molecule has 0 atom stereocenters. The van der Waals surface area contributed by atoms with Crippen molar-refractivity contribution in [3.05, 3.63) is 42.1 Å². The number of ether oxygens (including phenoxy) is 3. The average Bonchev–Trinajstić information content (AvgIpc) is 2.93. The number of anilines is 1. The number of methoxy groups -OCH3 is 1. The van der Waals surface area contributed by atoms with Gasteiger partial charge in [0.15, 0.2) is 11.5 Å². The van der Waals surface area contributed by atoms with Crippen LogP contribution in [-0.2, 0) is 6.54 Å². The van der Waals surface area contributed by atoms with Crippen molar-refractivity contribution in [1.82, 2.24) is 4.98 Å². The van der Waals surface area contributed by atoms with Gasteiger partial charge in [0, 0.05) is 12.6 Å². The van der Waals surface area contributed by atoms with Crippen LogP contribution < -0.4 is 19.5 Å². The van der Waals surface area contributed by atoms with E-state index in [0.29, 0.717) is 19.2 Å². The Morgan fingerprint density at radius 3 is 2.89 bits per heavy atom. The first-order chi connectivity index (χ1) is 9.35. The van der Waals surface area contributed by atoms with E-state index in [1.54, 1.807) is 13.3 Å². The zero-order chi connectivity index (χ0) is 13.1. The van der Waals surface area contributed by atoms with Crippen LogP contribution in [0, 0.1) is 0 Å². The van der Waals surface area contributed by atoms with Crippen molar-refractivity contribution in [2.45, 2.75) is 6.54 Å². The van der Waals surface area contributed by atoms with Gasteiger partial charge in [0.05, 0.1) is 19.0 Å². The second-order valence-electron chi connectivity index (χ2n) is 4.13. The van der Waals surface area contributed by atoms with Crippen LogP contribution in [0.1, 0.15) is 5.56 Å². The molecule has 0 amide bonds. The largest absolute Gasteiger partial charge is 0.481 e. The van der Waals surface area contributed by atoms with E-state index in [2.05, 4.69) is 10.3 Å². The van der Waals surface area contributed by atoms with Gasteiger partial charge < -0.3 is 19.5 Å². The number of rotatable bonds is 4. The molecular formula is C14H14N2O3. The number of hydrogen-bond donors (Lipinski definition) is 1. The standard InChI is InChI=1S/C14H14N2O3/c1-17-14-5-3-11(8-16-14)15-7-10-2-4-12-13(6-10)19-9-18-12/h2-6,8,15H,7,9H2,1H3.